The van der Waals surface area contributed by atoms with Crippen LogP contribution >= 0.6 is 0 Å². The van der Waals surface area contributed by atoms with E-state index in [2.05, 4.69) is 10.5 Å². The van der Waals surface area contributed by atoms with Crippen LogP contribution in [0.2, 0.25) is 0 Å². The van der Waals surface area contributed by atoms with Crippen LogP contribution < -0.4 is 11.1 Å². The first-order chi connectivity index (χ1) is 7.03. The van der Waals surface area contributed by atoms with Crippen molar-refractivity contribution in [1.29, 1.82) is 0 Å². The molecule has 0 aromatic carbocycles. The summed E-state index contributed by atoms with van der Waals surface area (Å²) in [5.41, 5.74) is 5.27. The van der Waals surface area contributed by atoms with Crippen LogP contribution in [0.4, 0.5) is 0 Å². The van der Waals surface area contributed by atoms with Crippen molar-refractivity contribution >= 4 is 15.7 Å². The molecular formula is C8H15N3O3S. The Morgan fingerprint density at radius 3 is 2.93 bits per heavy atom. The van der Waals surface area contributed by atoms with E-state index in [9.17, 15) is 8.42 Å². The molecule has 0 saturated carbocycles. The van der Waals surface area contributed by atoms with Gasteiger partial charge in [-0.15, -0.1) is 0 Å². The van der Waals surface area contributed by atoms with Gasteiger partial charge in [0.1, 0.15) is 5.84 Å². The Hall–Kier alpha value is -1.08. The topological polar surface area (TPSA) is 105 Å². The van der Waals surface area contributed by atoms with Gasteiger partial charge in [0.2, 0.25) is 0 Å². The van der Waals surface area contributed by atoms with Gasteiger partial charge in [0, 0.05) is 17.9 Å². The molecule has 0 aromatic heterocycles. The predicted molar refractivity (Wildman–Crippen MR) is 57.4 cm³/mol. The summed E-state index contributed by atoms with van der Waals surface area (Å²) < 4.78 is 22.1. The van der Waals surface area contributed by atoms with Crippen molar-refractivity contribution in [1.82, 2.24) is 5.32 Å². The van der Waals surface area contributed by atoms with Gasteiger partial charge >= 0.3 is 0 Å². The Kier molecular flexibility index (Phi) is 4.10. The summed E-state index contributed by atoms with van der Waals surface area (Å²) in [6.07, 6.45) is 2.84. The van der Waals surface area contributed by atoms with E-state index in [0.717, 1.165) is 0 Å². The van der Waals surface area contributed by atoms with Crippen LogP contribution in [0.1, 0.15) is 12.8 Å². The van der Waals surface area contributed by atoms with E-state index in [1.807, 2.05) is 0 Å². The number of rotatable bonds is 5. The largest absolute Gasteiger partial charge is 0.409 e. The van der Waals surface area contributed by atoms with Crippen molar-refractivity contribution in [2.24, 2.45) is 10.9 Å². The van der Waals surface area contributed by atoms with Gasteiger partial charge in [-0.2, -0.15) is 0 Å². The number of sulfone groups is 1. The maximum atomic E-state index is 11.0. The summed E-state index contributed by atoms with van der Waals surface area (Å²) in [6, 6.07) is -0.109. The third-order valence-electron chi connectivity index (χ3n) is 2.07. The quantitative estimate of drug-likeness (QED) is 0.194. The van der Waals surface area contributed by atoms with Gasteiger partial charge in [0.05, 0.1) is 5.75 Å². The minimum Gasteiger partial charge on any atom is -0.409 e. The number of oxime groups is 1. The van der Waals surface area contributed by atoms with Gasteiger partial charge in [-0.3, -0.25) is 0 Å². The lowest BCUT2D eigenvalue weighted by Crippen LogP contribution is -2.31. The van der Waals surface area contributed by atoms with Crippen molar-refractivity contribution < 1.29 is 13.6 Å². The third kappa shape index (κ3) is 4.30. The normalized spacial score (nSPS) is 24.5. The predicted octanol–water partition coefficient (Wildman–Crippen LogP) is -0.587. The van der Waals surface area contributed by atoms with Crippen LogP contribution in [0.15, 0.2) is 16.6 Å². The summed E-state index contributed by atoms with van der Waals surface area (Å²) >= 11 is 0. The zero-order valence-electron chi connectivity index (χ0n) is 8.26. The molecule has 0 saturated heterocycles. The second-order valence-electron chi connectivity index (χ2n) is 3.41. The Morgan fingerprint density at radius 2 is 2.40 bits per heavy atom. The molecule has 1 heterocycles. The molecule has 1 aliphatic heterocycles. The van der Waals surface area contributed by atoms with Crippen LogP contribution in [0.5, 0.6) is 0 Å². The van der Waals surface area contributed by atoms with Crippen molar-refractivity contribution in [2.75, 3.05) is 12.3 Å². The number of amidine groups is 1. The highest BCUT2D eigenvalue weighted by Gasteiger charge is 2.20. The molecule has 7 heteroatoms. The molecule has 6 nitrogen and oxygen atoms in total. The van der Waals surface area contributed by atoms with Crippen LogP contribution in [0, 0.1) is 0 Å². The van der Waals surface area contributed by atoms with Crippen LogP contribution in [0.25, 0.3) is 0 Å². The fraction of sp³-hybridized carbons (Fsp3) is 0.625. The minimum absolute atomic E-state index is 0.109. The first kappa shape index (κ1) is 12.0. The van der Waals surface area contributed by atoms with E-state index in [4.69, 9.17) is 10.9 Å². The van der Waals surface area contributed by atoms with Crippen LogP contribution in [-0.4, -0.2) is 37.8 Å². The Labute approximate surface area is 88.8 Å². The van der Waals surface area contributed by atoms with Gasteiger partial charge in [-0.1, -0.05) is 11.2 Å². The average molecular weight is 233 g/mol. The monoisotopic (exact) mass is 233 g/mol. The van der Waals surface area contributed by atoms with Crippen molar-refractivity contribution in [3.05, 3.63) is 11.5 Å². The Bertz CT molecular complexity index is 361. The second kappa shape index (κ2) is 5.13. The molecule has 0 spiro atoms. The maximum Gasteiger partial charge on any atom is 0.173 e. The number of hydrogen-bond acceptors (Lipinski definition) is 5. The summed E-state index contributed by atoms with van der Waals surface area (Å²) in [5.74, 6) is 0.308. The molecule has 1 rings (SSSR count). The standard InChI is InChI=1S/C8H15N3O3S/c9-8(11-12)2-1-4-10-7-3-5-15(13,14)6-7/h3,5,7,10,12H,1-2,4,6H2,(H2,9,11). The average Bonchev–Trinajstić information content (AvgIpc) is 2.52. The fourth-order valence-corrected chi connectivity index (χ4v) is 2.58. The molecule has 0 aliphatic carbocycles. The van der Waals surface area contributed by atoms with Crippen molar-refractivity contribution in [3.63, 3.8) is 0 Å². The summed E-state index contributed by atoms with van der Waals surface area (Å²) in [4.78, 5) is 0. The smallest absolute Gasteiger partial charge is 0.173 e. The zero-order chi connectivity index (χ0) is 11.3. The van der Waals surface area contributed by atoms with Crippen molar-refractivity contribution in [2.45, 2.75) is 18.9 Å². The van der Waals surface area contributed by atoms with E-state index in [-0.39, 0.29) is 17.6 Å². The Balaban J connectivity index is 2.15. The van der Waals surface area contributed by atoms with Gasteiger partial charge in [-0.25, -0.2) is 8.42 Å². The van der Waals surface area contributed by atoms with E-state index < -0.39 is 9.84 Å². The molecule has 86 valence electrons. The zero-order valence-corrected chi connectivity index (χ0v) is 9.07. The SMILES string of the molecule is NC(CCCNC1C=CS(=O)(=O)C1)=NO. The summed E-state index contributed by atoms with van der Waals surface area (Å²) in [6.45, 7) is 0.640. The fourth-order valence-electron chi connectivity index (χ4n) is 1.31. The lowest BCUT2D eigenvalue weighted by Gasteiger charge is -2.08. The first-order valence-electron chi connectivity index (χ1n) is 4.64. The van der Waals surface area contributed by atoms with E-state index in [1.165, 1.54) is 5.41 Å². The number of nitrogens with one attached hydrogen (secondary N) is 1. The molecular weight excluding hydrogens is 218 g/mol. The number of nitrogens with zero attached hydrogens (tertiary/aromatic N) is 1. The molecule has 4 N–H and O–H groups in total. The maximum absolute atomic E-state index is 11.0. The second-order valence-corrected chi connectivity index (χ2v) is 5.34. The van der Waals surface area contributed by atoms with Gasteiger partial charge in [0.15, 0.2) is 9.84 Å². The molecule has 0 radical (unpaired) electrons. The highest BCUT2D eigenvalue weighted by molar-refractivity contribution is 7.94. The van der Waals surface area contributed by atoms with E-state index >= 15 is 0 Å². The third-order valence-corrected chi connectivity index (χ3v) is 3.47. The molecule has 0 amide bonds. The molecule has 1 unspecified atom stereocenters. The highest BCUT2D eigenvalue weighted by atomic mass is 32.2. The van der Waals surface area contributed by atoms with Crippen molar-refractivity contribution in [3.8, 4) is 0 Å². The molecule has 1 aliphatic rings. The molecule has 0 bridgehead atoms. The molecule has 0 aromatic rings. The molecule has 15 heavy (non-hydrogen) atoms. The highest BCUT2D eigenvalue weighted by Crippen LogP contribution is 2.07. The van der Waals surface area contributed by atoms with Crippen LogP contribution in [0.3, 0.4) is 0 Å². The number of nitrogens with two attached hydrogens (primary N) is 1. The van der Waals surface area contributed by atoms with Gasteiger partial charge < -0.3 is 16.3 Å². The molecule has 1 atom stereocenters. The van der Waals surface area contributed by atoms with Gasteiger partial charge in [0.25, 0.3) is 0 Å². The minimum atomic E-state index is -2.99. The van der Waals surface area contributed by atoms with E-state index in [0.29, 0.717) is 19.4 Å². The summed E-state index contributed by atoms with van der Waals surface area (Å²) in [5, 5.41) is 15.4. The molecule has 0 fully saturated rings. The lowest BCUT2D eigenvalue weighted by molar-refractivity contribution is 0.316. The van der Waals surface area contributed by atoms with Gasteiger partial charge in [-0.05, 0) is 13.0 Å². The lowest BCUT2D eigenvalue weighted by atomic mass is 10.2. The van der Waals surface area contributed by atoms with Crippen LogP contribution in [-0.2, 0) is 9.84 Å². The first-order valence-corrected chi connectivity index (χ1v) is 6.36. The van der Waals surface area contributed by atoms with E-state index in [1.54, 1.807) is 6.08 Å². The Morgan fingerprint density at radius 1 is 1.67 bits per heavy atom. The summed E-state index contributed by atoms with van der Waals surface area (Å²) in [7, 11) is -2.99. The number of hydrogen-bond donors (Lipinski definition) is 3.